The molecule has 0 radical (unpaired) electrons. The minimum Gasteiger partial charge on any atom is -0.480 e. The van der Waals surface area contributed by atoms with Crippen molar-refractivity contribution in [2.75, 3.05) is 25.1 Å². The molecule has 0 bridgehead atoms. The van der Waals surface area contributed by atoms with Crippen LogP contribution < -0.4 is 10.6 Å². The summed E-state index contributed by atoms with van der Waals surface area (Å²) < 4.78 is 33.9. The number of carbonyl (C=O) groups is 3. The van der Waals surface area contributed by atoms with E-state index in [0.29, 0.717) is 16.9 Å². The molecule has 3 N–H and O–H groups in total. The molecule has 2 aliphatic rings. The van der Waals surface area contributed by atoms with Crippen LogP contribution in [0.4, 0.5) is 20.3 Å². The highest BCUT2D eigenvalue weighted by Crippen LogP contribution is 2.30. The monoisotopic (exact) mass is 509 g/mol. The van der Waals surface area contributed by atoms with Crippen LogP contribution in [0, 0.1) is 11.6 Å². The van der Waals surface area contributed by atoms with Gasteiger partial charge >= 0.3 is 5.97 Å². The molecule has 190 valence electrons. The van der Waals surface area contributed by atoms with E-state index >= 15 is 0 Å². The Kier molecular flexibility index (Phi) is 6.49. The minimum absolute atomic E-state index is 0.00786. The topological polar surface area (TPSA) is 134 Å². The molecule has 0 saturated carbocycles. The largest absolute Gasteiger partial charge is 0.480 e. The van der Waals surface area contributed by atoms with Gasteiger partial charge in [0, 0.05) is 12.2 Å². The molecule has 1 saturated heterocycles. The fourth-order valence-electron chi connectivity index (χ4n) is 4.27. The minimum atomic E-state index is -1.12. The standard InChI is InChI=1S/C25H21F2N5O5/c26-15-2-1-3-16(27)20(15)22-30-17-11-28-24(34)21(17)23(31-22)29-14-6-4-13(5-7-14)10-19(33)32-8-9-37-12-18(32)25(35)36/h1-7,18H,8-12H2,(H,28,34)(H,35,36)(H,29,30,31)/t18-/m0/s1. The van der Waals surface area contributed by atoms with E-state index in [1.54, 1.807) is 24.3 Å². The lowest BCUT2D eigenvalue weighted by Crippen LogP contribution is -2.53. The molecule has 0 unspecified atom stereocenters. The third kappa shape index (κ3) is 4.83. The number of anilines is 2. The summed E-state index contributed by atoms with van der Waals surface area (Å²) in [5, 5.41) is 15.0. The molecule has 12 heteroatoms. The van der Waals surface area contributed by atoms with E-state index < -0.39 is 35.1 Å². The van der Waals surface area contributed by atoms with Crippen LogP contribution in [0.1, 0.15) is 21.6 Å². The van der Waals surface area contributed by atoms with Gasteiger partial charge in [0.15, 0.2) is 11.9 Å². The lowest BCUT2D eigenvalue weighted by molar-refractivity contribution is -0.158. The van der Waals surface area contributed by atoms with Gasteiger partial charge in [0.05, 0.1) is 37.4 Å². The van der Waals surface area contributed by atoms with E-state index in [4.69, 9.17) is 4.74 Å². The van der Waals surface area contributed by atoms with Crippen LogP contribution >= 0.6 is 0 Å². The number of morpholine rings is 1. The van der Waals surface area contributed by atoms with Crippen molar-refractivity contribution in [3.8, 4) is 11.4 Å². The zero-order valence-electron chi connectivity index (χ0n) is 19.3. The Bertz CT molecular complexity index is 1380. The lowest BCUT2D eigenvalue weighted by atomic mass is 10.1. The Balaban J connectivity index is 1.38. The lowest BCUT2D eigenvalue weighted by Gasteiger charge is -2.32. The fourth-order valence-corrected chi connectivity index (χ4v) is 4.27. The Morgan fingerprint density at radius 1 is 1.11 bits per heavy atom. The smallest absolute Gasteiger partial charge is 0.328 e. The number of fused-ring (bicyclic) bond motifs is 1. The third-order valence-electron chi connectivity index (χ3n) is 6.12. The maximum Gasteiger partial charge on any atom is 0.328 e. The van der Waals surface area contributed by atoms with Crippen LogP contribution in [0.25, 0.3) is 11.4 Å². The second-order valence-electron chi connectivity index (χ2n) is 8.51. The number of ether oxygens (including phenoxy) is 1. The Morgan fingerprint density at radius 2 is 1.84 bits per heavy atom. The molecule has 2 amide bonds. The fraction of sp³-hybridized carbons (Fsp3) is 0.240. The summed E-state index contributed by atoms with van der Waals surface area (Å²) in [6.45, 7) is 0.503. The van der Waals surface area contributed by atoms with Crippen LogP contribution in [-0.4, -0.2) is 63.6 Å². The van der Waals surface area contributed by atoms with Crippen LogP contribution in [0.3, 0.4) is 0 Å². The summed E-state index contributed by atoms with van der Waals surface area (Å²) in [6.07, 6.45) is -0.00786. The number of amides is 2. The number of carboxylic acids is 1. The number of aliphatic carboxylic acids is 1. The Morgan fingerprint density at radius 3 is 2.54 bits per heavy atom. The van der Waals surface area contributed by atoms with Crippen molar-refractivity contribution in [1.82, 2.24) is 20.2 Å². The summed E-state index contributed by atoms with van der Waals surface area (Å²) in [5.41, 5.74) is 1.23. The van der Waals surface area contributed by atoms with Crippen molar-refractivity contribution in [1.29, 1.82) is 0 Å². The van der Waals surface area contributed by atoms with Crippen LogP contribution in [-0.2, 0) is 27.3 Å². The highest BCUT2D eigenvalue weighted by atomic mass is 19.1. The number of hydrogen-bond acceptors (Lipinski definition) is 7. The molecule has 3 aromatic rings. The first kappa shape index (κ1) is 24.3. The zero-order valence-corrected chi connectivity index (χ0v) is 19.3. The number of halogens is 2. The van der Waals surface area contributed by atoms with Gasteiger partial charge in [-0.3, -0.25) is 9.59 Å². The number of hydrogen-bond donors (Lipinski definition) is 3. The highest BCUT2D eigenvalue weighted by Gasteiger charge is 2.32. The molecule has 0 aliphatic carbocycles. The van der Waals surface area contributed by atoms with Crippen molar-refractivity contribution in [2.24, 2.45) is 0 Å². The first-order chi connectivity index (χ1) is 17.8. The highest BCUT2D eigenvalue weighted by molar-refractivity contribution is 6.03. The van der Waals surface area contributed by atoms with Crippen molar-refractivity contribution >= 4 is 29.3 Å². The Labute approximate surface area is 209 Å². The second kappa shape index (κ2) is 9.90. The van der Waals surface area contributed by atoms with E-state index in [1.165, 1.54) is 11.0 Å². The first-order valence-corrected chi connectivity index (χ1v) is 11.4. The summed E-state index contributed by atoms with van der Waals surface area (Å²) in [4.78, 5) is 46.3. The van der Waals surface area contributed by atoms with E-state index in [2.05, 4.69) is 20.6 Å². The third-order valence-corrected chi connectivity index (χ3v) is 6.12. The summed E-state index contributed by atoms with van der Waals surface area (Å²) in [5.74, 6) is -3.65. The van der Waals surface area contributed by atoms with E-state index in [-0.39, 0.29) is 55.8 Å². The molecule has 1 aromatic heterocycles. The van der Waals surface area contributed by atoms with Gasteiger partial charge in [-0.15, -0.1) is 0 Å². The predicted octanol–water partition coefficient (Wildman–Crippen LogP) is 2.26. The molecule has 10 nitrogen and oxygen atoms in total. The van der Waals surface area contributed by atoms with Gasteiger partial charge in [-0.05, 0) is 29.8 Å². The maximum absolute atomic E-state index is 14.4. The van der Waals surface area contributed by atoms with Crippen molar-refractivity contribution in [3.63, 3.8) is 0 Å². The number of rotatable bonds is 6. The molecule has 2 aromatic carbocycles. The number of nitrogens with zero attached hydrogens (tertiary/aromatic N) is 3. The van der Waals surface area contributed by atoms with E-state index in [9.17, 15) is 28.3 Å². The summed E-state index contributed by atoms with van der Waals surface area (Å²) in [7, 11) is 0. The second-order valence-corrected chi connectivity index (χ2v) is 8.51. The quantitative estimate of drug-likeness (QED) is 0.461. The van der Waals surface area contributed by atoms with Crippen molar-refractivity contribution in [3.05, 3.63) is 70.9 Å². The van der Waals surface area contributed by atoms with Crippen molar-refractivity contribution in [2.45, 2.75) is 19.0 Å². The molecule has 3 heterocycles. The Hall–Kier alpha value is -4.45. The number of nitrogens with one attached hydrogen (secondary N) is 2. The number of carbonyl (C=O) groups excluding carboxylic acids is 2. The normalized spacial score (nSPS) is 16.8. The van der Waals surface area contributed by atoms with Gasteiger partial charge in [0.2, 0.25) is 5.91 Å². The average molecular weight is 509 g/mol. The van der Waals surface area contributed by atoms with Crippen LogP contribution in [0.2, 0.25) is 0 Å². The zero-order chi connectivity index (χ0) is 26.1. The SMILES string of the molecule is O=C1NCc2nc(-c3c(F)cccc3F)nc(Nc3ccc(CC(=O)N4CCOC[C@H]4C(=O)O)cc3)c21. The molecular formula is C25H21F2N5O5. The van der Waals surface area contributed by atoms with Gasteiger partial charge in [-0.25, -0.2) is 23.5 Å². The molecule has 5 rings (SSSR count). The van der Waals surface area contributed by atoms with E-state index in [0.717, 1.165) is 12.1 Å². The molecule has 1 atom stereocenters. The maximum atomic E-state index is 14.4. The number of carboxylic acid groups (broad SMARTS) is 1. The number of aromatic nitrogens is 2. The van der Waals surface area contributed by atoms with Gasteiger partial charge in [-0.2, -0.15) is 0 Å². The molecular weight excluding hydrogens is 488 g/mol. The van der Waals surface area contributed by atoms with Crippen LogP contribution in [0.5, 0.6) is 0 Å². The number of benzene rings is 2. The van der Waals surface area contributed by atoms with Crippen LogP contribution in [0.15, 0.2) is 42.5 Å². The van der Waals surface area contributed by atoms with Gasteiger partial charge in [-0.1, -0.05) is 18.2 Å². The molecule has 1 fully saturated rings. The predicted molar refractivity (Wildman–Crippen MR) is 126 cm³/mol. The molecule has 37 heavy (non-hydrogen) atoms. The average Bonchev–Trinajstić information content (AvgIpc) is 3.26. The molecule has 0 spiro atoms. The molecule has 2 aliphatic heterocycles. The van der Waals surface area contributed by atoms with Crippen molar-refractivity contribution < 1.29 is 33.0 Å². The first-order valence-electron chi connectivity index (χ1n) is 11.4. The van der Waals surface area contributed by atoms with E-state index in [1.807, 2.05) is 0 Å². The van der Waals surface area contributed by atoms with Gasteiger partial charge in [0.1, 0.15) is 23.0 Å². The van der Waals surface area contributed by atoms with Gasteiger partial charge < -0.3 is 25.4 Å². The summed E-state index contributed by atoms with van der Waals surface area (Å²) >= 11 is 0. The summed E-state index contributed by atoms with van der Waals surface area (Å²) in [6, 6.07) is 9.07. The van der Waals surface area contributed by atoms with Gasteiger partial charge in [0.25, 0.3) is 5.91 Å².